The monoisotopic (exact) mass is 943 g/mol. The van der Waals surface area contributed by atoms with Crippen LogP contribution in [0.15, 0.2) is 109 Å². The maximum absolute atomic E-state index is 12.8. The predicted molar refractivity (Wildman–Crippen MR) is 297 cm³/mol. The lowest BCUT2D eigenvalue weighted by molar-refractivity contribution is -0.162. The highest BCUT2D eigenvalue weighted by Crippen LogP contribution is 2.14. The van der Waals surface area contributed by atoms with E-state index in [4.69, 9.17) is 14.2 Å². The van der Waals surface area contributed by atoms with Crippen molar-refractivity contribution in [3.05, 3.63) is 109 Å². The van der Waals surface area contributed by atoms with Gasteiger partial charge < -0.3 is 14.2 Å². The molecular weight excluding hydrogens is 837 g/mol. The molecule has 0 amide bonds. The second kappa shape index (κ2) is 57.9. The Labute approximate surface area is 421 Å². The molecule has 0 aliphatic heterocycles. The molecule has 1 atom stereocenters. The summed E-state index contributed by atoms with van der Waals surface area (Å²) in [5.74, 6) is -0.476. The smallest absolute Gasteiger partial charge is 0.306 e. The highest BCUT2D eigenvalue weighted by Gasteiger charge is 2.17. The molecule has 0 spiro atoms. The minimum absolute atomic E-state index is 0.0506. The van der Waals surface area contributed by atoms with Crippen molar-refractivity contribution in [3.8, 4) is 0 Å². The van der Waals surface area contributed by atoms with Crippen LogP contribution in [-0.4, -0.2) is 37.9 Å². The molecule has 68 heavy (non-hydrogen) atoms. The zero-order valence-corrected chi connectivity index (χ0v) is 44.6. The molecule has 0 saturated heterocycles. The summed E-state index contributed by atoms with van der Waals surface area (Å²) >= 11 is 0. The fraction of sp³-hybridized carbons (Fsp3) is 0.683. The first-order chi connectivity index (χ1) is 33.6. The molecule has 0 fully saturated rings. The quantitative estimate of drug-likeness (QED) is 0.0345. The highest BCUT2D eigenvalue weighted by molar-refractivity contribution is 5.70. The van der Waals surface area contributed by atoms with Crippen LogP contribution in [0.2, 0.25) is 0 Å². The normalized spacial score (nSPS) is 13.0. The van der Waals surface area contributed by atoms with E-state index < -0.39 is 6.10 Å². The number of carbonyl (C=O) groups excluding carboxylic acids is 2. The van der Waals surface area contributed by atoms with Crippen LogP contribution in [0, 0.1) is 0 Å². The zero-order chi connectivity index (χ0) is 49.2. The molecule has 0 aliphatic carbocycles. The second-order valence-electron chi connectivity index (χ2n) is 18.4. The fourth-order valence-corrected chi connectivity index (χ4v) is 7.55. The van der Waals surface area contributed by atoms with Gasteiger partial charge in [0.15, 0.2) is 6.10 Å². The molecule has 0 saturated carbocycles. The zero-order valence-electron chi connectivity index (χ0n) is 44.6. The van der Waals surface area contributed by atoms with Gasteiger partial charge in [-0.25, -0.2) is 0 Å². The van der Waals surface area contributed by atoms with Gasteiger partial charge in [-0.05, 0) is 122 Å². The number of unbranched alkanes of at least 4 members (excludes halogenated alkanes) is 22. The number of hydrogen-bond donors (Lipinski definition) is 0. The van der Waals surface area contributed by atoms with E-state index in [1.807, 2.05) is 0 Å². The SMILES string of the molecule is CC/C=C\C/C=C\C/C=C\C/C=C\C/C=C\CCCC(=O)OC(COCCCCCCCC/C=C\C/C=C\CCCCC)COC(=O)CCCCCCCCCCC/C=C\C/C=C\CCCCC. The summed E-state index contributed by atoms with van der Waals surface area (Å²) in [6.45, 7) is 7.58. The van der Waals surface area contributed by atoms with Crippen LogP contribution in [0.5, 0.6) is 0 Å². The minimum Gasteiger partial charge on any atom is -0.462 e. The van der Waals surface area contributed by atoms with Crippen molar-refractivity contribution in [2.45, 2.75) is 258 Å². The first kappa shape index (κ1) is 64.6. The van der Waals surface area contributed by atoms with Crippen molar-refractivity contribution >= 4 is 11.9 Å². The van der Waals surface area contributed by atoms with Gasteiger partial charge in [-0.1, -0.05) is 226 Å². The van der Waals surface area contributed by atoms with E-state index in [-0.39, 0.29) is 25.2 Å². The summed E-state index contributed by atoms with van der Waals surface area (Å²) in [5, 5.41) is 0. The van der Waals surface area contributed by atoms with Gasteiger partial charge in [-0.2, -0.15) is 0 Å². The largest absolute Gasteiger partial charge is 0.462 e. The number of carbonyl (C=O) groups is 2. The molecule has 0 aromatic rings. The minimum atomic E-state index is -0.581. The van der Waals surface area contributed by atoms with Gasteiger partial charge in [-0.3, -0.25) is 9.59 Å². The first-order valence-corrected chi connectivity index (χ1v) is 28.4. The number of esters is 2. The van der Waals surface area contributed by atoms with Crippen molar-refractivity contribution in [2.75, 3.05) is 19.8 Å². The standard InChI is InChI=1S/C63H106O5/c1-4-7-10-13-16-19-22-25-28-31-32-34-35-38-41-44-47-50-53-56-62(64)67-60-61(59-66-58-55-52-49-46-43-40-37-30-27-24-21-18-15-12-9-6-3)68-63(65)57-54-51-48-45-42-39-36-33-29-26-23-20-17-14-11-8-5-2/h8,11,16-21,25-30,36,39,45,48,61H,4-7,9-10,12-15,22-24,31-35,37-38,40-44,46-47,49-60H2,1-3H3/b11-8-,19-16-,20-17-,21-18-,28-25-,29-26-,30-27-,39-36-,48-45-. The van der Waals surface area contributed by atoms with Crippen molar-refractivity contribution in [1.82, 2.24) is 0 Å². The van der Waals surface area contributed by atoms with Gasteiger partial charge in [0.2, 0.25) is 0 Å². The molecule has 0 rings (SSSR count). The van der Waals surface area contributed by atoms with Crippen molar-refractivity contribution < 1.29 is 23.8 Å². The summed E-state index contributed by atoms with van der Waals surface area (Å²) in [4.78, 5) is 25.5. The van der Waals surface area contributed by atoms with Gasteiger partial charge in [-0.15, -0.1) is 0 Å². The van der Waals surface area contributed by atoms with E-state index in [2.05, 4.69) is 130 Å². The average molecular weight is 944 g/mol. The van der Waals surface area contributed by atoms with Crippen LogP contribution in [-0.2, 0) is 23.8 Å². The van der Waals surface area contributed by atoms with Crippen molar-refractivity contribution in [2.24, 2.45) is 0 Å². The molecule has 1 unspecified atom stereocenters. The van der Waals surface area contributed by atoms with Gasteiger partial charge >= 0.3 is 11.9 Å². The van der Waals surface area contributed by atoms with Crippen molar-refractivity contribution in [3.63, 3.8) is 0 Å². The lowest BCUT2D eigenvalue weighted by atomic mass is 10.1. The second-order valence-corrected chi connectivity index (χ2v) is 18.4. The molecule has 0 bridgehead atoms. The van der Waals surface area contributed by atoms with Crippen LogP contribution in [0.1, 0.15) is 252 Å². The summed E-state index contributed by atoms with van der Waals surface area (Å²) in [7, 11) is 0. The Balaban J connectivity index is 4.39. The van der Waals surface area contributed by atoms with Crippen LogP contribution in [0.4, 0.5) is 0 Å². The van der Waals surface area contributed by atoms with Crippen molar-refractivity contribution in [1.29, 1.82) is 0 Å². The molecule has 5 nitrogen and oxygen atoms in total. The number of hydrogen-bond acceptors (Lipinski definition) is 5. The Bertz CT molecular complexity index is 1340. The molecule has 5 heteroatoms. The first-order valence-electron chi connectivity index (χ1n) is 28.4. The summed E-state index contributed by atoms with van der Waals surface area (Å²) in [5.41, 5.74) is 0. The average Bonchev–Trinajstić information content (AvgIpc) is 3.34. The summed E-state index contributed by atoms with van der Waals surface area (Å²) in [6.07, 6.45) is 79.7. The predicted octanol–water partition coefficient (Wildman–Crippen LogP) is 19.6. The van der Waals surface area contributed by atoms with Crippen LogP contribution in [0.25, 0.3) is 0 Å². The highest BCUT2D eigenvalue weighted by atomic mass is 16.6. The molecule has 0 aliphatic rings. The number of rotatable bonds is 51. The van der Waals surface area contributed by atoms with Gasteiger partial charge in [0, 0.05) is 19.4 Å². The Morgan fingerprint density at radius 3 is 1.10 bits per heavy atom. The Hall–Kier alpha value is -3.44. The van der Waals surface area contributed by atoms with Crippen LogP contribution in [0.3, 0.4) is 0 Å². The van der Waals surface area contributed by atoms with E-state index in [1.165, 1.54) is 122 Å². The van der Waals surface area contributed by atoms with Crippen LogP contribution < -0.4 is 0 Å². The molecule has 0 radical (unpaired) electrons. The van der Waals surface area contributed by atoms with E-state index in [1.54, 1.807) is 0 Å². The number of allylic oxidation sites excluding steroid dienone is 18. The fourth-order valence-electron chi connectivity index (χ4n) is 7.55. The topological polar surface area (TPSA) is 61.8 Å². The third-order valence-electron chi connectivity index (χ3n) is 11.8. The lowest BCUT2D eigenvalue weighted by Crippen LogP contribution is -2.30. The van der Waals surface area contributed by atoms with E-state index in [0.29, 0.717) is 19.4 Å². The maximum atomic E-state index is 12.8. The third-order valence-corrected chi connectivity index (χ3v) is 11.8. The summed E-state index contributed by atoms with van der Waals surface area (Å²) < 4.78 is 17.4. The molecule has 0 N–H and O–H groups in total. The lowest BCUT2D eigenvalue weighted by Gasteiger charge is -2.18. The molecule has 0 aromatic carbocycles. The van der Waals surface area contributed by atoms with E-state index >= 15 is 0 Å². The molecular formula is C63H106O5. The molecule has 0 heterocycles. The summed E-state index contributed by atoms with van der Waals surface area (Å²) in [6, 6.07) is 0. The van der Waals surface area contributed by atoms with Gasteiger partial charge in [0.1, 0.15) is 6.61 Å². The Kier molecular flexibility index (Phi) is 54.9. The van der Waals surface area contributed by atoms with Crippen LogP contribution >= 0.6 is 0 Å². The van der Waals surface area contributed by atoms with E-state index in [9.17, 15) is 9.59 Å². The molecule has 0 aromatic heterocycles. The van der Waals surface area contributed by atoms with Gasteiger partial charge in [0.05, 0.1) is 6.61 Å². The molecule has 388 valence electrons. The van der Waals surface area contributed by atoms with Gasteiger partial charge in [0.25, 0.3) is 0 Å². The maximum Gasteiger partial charge on any atom is 0.306 e. The Morgan fingerprint density at radius 1 is 0.338 bits per heavy atom. The van der Waals surface area contributed by atoms with E-state index in [0.717, 1.165) is 96.3 Å². The number of ether oxygens (including phenoxy) is 3. The Morgan fingerprint density at radius 2 is 0.676 bits per heavy atom. The third kappa shape index (κ3) is 55.2.